The molecule has 9 nitrogen and oxygen atoms in total. The number of benzene rings is 1. The number of carboxylic acid groups (broad SMARTS) is 1. The molecule has 0 unspecified atom stereocenters. The summed E-state index contributed by atoms with van der Waals surface area (Å²) in [5.41, 5.74) is 0.911. The topological polar surface area (TPSA) is 136 Å². The zero-order chi connectivity index (χ0) is 16.6. The summed E-state index contributed by atoms with van der Waals surface area (Å²) in [5.74, 6) is -2.23. The molecule has 2 amide bonds. The Morgan fingerprint density at radius 3 is 2.83 bits per heavy atom. The molecule has 2 aromatic rings. The normalized spacial score (nSPS) is 14.5. The van der Waals surface area contributed by atoms with E-state index in [1.54, 1.807) is 12.1 Å². The molecule has 0 saturated heterocycles. The molecule has 2 heterocycles. The maximum atomic E-state index is 12.0. The van der Waals surface area contributed by atoms with Crippen molar-refractivity contribution in [2.75, 3.05) is 18.5 Å². The van der Waals surface area contributed by atoms with Gasteiger partial charge in [-0.25, -0.2) is 4.79 Å². The third-order valence-corrected chi connectivity index (χ3v) is 3.38. The van der Waals surface area contributed by atoms with Gasteiger partial charge in [0.25, 0.3) is 11.8 Å². The van der Waals surface area contributed by atoms with Gasteiger partial charge in [0.05, 0.1) is 18.7 Å². The lowest BCUT2D eigenvalue weighted by Crippen LogP contribution is -2.34. The number of hydrogen-bond acceptors (Lipinski definition) is 6. The Labute approximate surface area is 129 Å². The molecule has 0 fully saturated rings. The smallest absolute Gasteiger partial charge is 0.357 e. The van der Waals surface area contributed by atoms with Gasteiger partial charge in [-0.1, -0.05) is 0 Å². The fourth-order valence-corrected chi connectivity index (χ4v) is 2.32. The average Bonchev–Trinajstić information content (AvgIpc) is 3.04. The van der Waals surface area contributed by atoms with Gasteiger partial charge in [-0.05, 0) is 18.2 Å². The number of nitrogens with zero attached hydrogens (tertiary/aromatic N) is 2. The minimum Gasteiger partial charge on any atom is -0.476 e. The van der Waals surface area contributed by atoms with E-state index in [2.05, 4.69) is 15.5 Å². The van der Waals surface area contributed by atoms with Crippen LogP contribution in [0, 0.1) is 0 Å². The highest BCUT2D eigenvalue weighted by molar-refractivity contribution is 6.17. The largest absolute Gasteiger partial charge is 0.476 e. The molecule has 118 valence electrons. The van der Waals surface area contributed by atoms with Crippen LogP contribution in [-0.4, -0.2) is 56.2 Å². The number of aliphatic hydroxyl groups excluding tert-OH is 1. The van der Waals surface area contributed by atoms with Crippen molar-refractivity contribution in [3.63, 3.8) is 0 Å². The number of imide groups is 1. The molecular formula is C14H12N4O5. The van der Waals surface area contributed by atoms with Crippen LogP contribution in [0.5, 0.6) is 0 Å². The number of anilines is 1. The summed E-state index contributed by atoms with van der Waals surface area (Å²) >= 11 is 0. The fraction of sp³-hybridized carbons (Fsp3) is 0.143. The lowest BCUT2D eigenvalue weighted by molar-refractivity contribution is -0.137. The van der Waals surface area contributed by atoms with Gasteiger partial charge < -0.3 is 15.5 Å². The number of aromatic nitrogens is 2. The molecule has 0 spiro atoms. The number of aromatic amines is 1. The van der Waals surface area contributed by atoms with Crippen LogP contribution in [0.3, 0.4) is 0 Å². The van der Waals surface area contributed by atoms with Gasteiger partial charge >= 0.3 is 5.97 Å². The summed E-state index contributed by atoms with van der Waals surface area (Å²) in [7, 11) is 0. The first-order chi connectivity index (χ1) is 11.0. The van der Waals surface area contributed by atoms with Gasteiger partial charge in [0.15, 0.2) is 5.69 Å². The number of fused-ring (bicyclic) bond motifs is 1. The van der Waals surface area contributed by atoms with E-state index in [4.69, 9.17) is 10.2 Å². The Morgan fingerprint density at radius 1 is 1.35 bits per heavy atom. The standard InChI is InChI=1S/C14H12N4O5/c19-4-3-18-11(20)6-10(13(18)21)15-7-1-2-9-8(5-7)12(14(22)23)17-16-9/h1-2,5-6,15,19H,3-4H2,(H,16,17)(H,22,23). The molecule has 1 aliphatic rings. The number of β-amino-alcohol motifs (C(OH)–C–C–N with tert-alkyl or cyclic N) is 1. The quantitative estimate of drug-likeness (QED) is 0.566. The lowest BCUT2D eigenvalue weighted by atomic mass is 10.2. The van der Waals surface area contributed by atoms with E-state index in [1.807, 2.05) is 0 Å². The summed E-state index contributed by atoms with van der Waals surface area (Å²) in [6, 6.07) is 4.76. The molecule has 0 aliphatic carbocycles. The molecule has 1 aliphatic heterocycles. The molecule has 1 aromatic heterocycles. The van der Waals surface area contributed by atoms with E-state index in [9.17, 15) is 14.4 Å². The van der Waals surface area contributed by atoms with Crippen LogP contribution in [-0.2, 0) is 9.59 Å². The van der Waals surface area contributed by atoms with E-state index in [-0.39, 0.29) is 24.5 Å². The minimum absolute atomic E-state index is 0.0585. The molecule has 4 N–H and O–H groups in total. The number of aromatic carboxylic acids is 1. The van der Waals surface area contributed by atoms with Crippen LogP contribution in [0.1, 0.15) is 10.5 Å². The Morgan fingerprint density at radius 2 is 2.13 bits per heavy atom. The Bertz CT molecular complexity index is 854. The Hall–Kier alpha value is -3.20. The molecule has 0 saturated carbocycles. The number of nitrogens with one attached hydrogen (secondary N) is 2. The summed E-state index contributed by atoms with van der Waals surface area (Å²) in [6.07, 6.45) is 1.13. The van der Waals surface area contributed by atoms with Gasteiger partial charge in [0, 0.05) is 17.1 Å². The highest BCUT2D eigenvalue weighted by Gasteiger charge is 2.30. The van der Waals surface area contributed by atoms with Gasteiger partial charge in [-0.2, -0.15) is 5.10 Å². The second-order valence-corrected chi connectivity index (χ2v) is 4.84. The zero-order valence-corrected chi connectivity index (χ0v) is 11.7. The molecule has 3 rings (SSSR count). The van der Waals surface area contributed by atoms with Crippen molar-refractivity contribution in [3.05, 3.63) is 35.7 Å². The summed E-state index contributed by atoms with van der Waals surface area (Å²) in [5, 5.41) is 27.4. The Kier molecular flexibility index (Phi) is 3.54. The number of rotatable bonds is 5. The SMILES string of the molecule is O=C(O)c1n[nH]c2ccc(NC3=CC(=O)N(CCO)C3=O)cc12. The van der Waals surface area contributed by atoms with E-state index in [1.165, 1.54) is 6.07 Å². The molecule has 9 heteroatoms. The maximum absolute atomic E-state index is 12.0. The monoisotopic (exact) mass is 316 g/mol. The zero-order valence-electron chi connectivity index (χ0n) is 11.7. The van der Waals surface area contributed by atoms with Crippen LogP contribution < -0.4 is 5.32 Å². The van der Waals surface area contributed by atoms with Gasteiger partial charge in [-0.3, -0.25) is 19.6 Å². The van der Waals surface area contributed by atoms with E-state index in [0.717, 1.165) is 11.0 Å². The first-order valence-electron chi connectivity index (χ1n) is 6.68. The second kappa shape index (κ2) is 5.54. The van der Waals surface area contributed by atoms with Crippen molar-refractivity contribution in [2.45, 2.75) is 0 Å². The van der Waals surface area contributed by atoms with Crippen molar-refractivity contribution in [2.24, 2.45) is 0 Å². The molecular weight excluding hydrogens is 304 g/mol. The van der Waals surface area contributed by atoms with Crippen molar-refractivity contribution >= 4 is 34.4 Å². The minimum atomic E-state index is -1.17. The third-order valence-electron chi connectivity index (χ3n) is 3.38. The molecule has 0 atom stereocenters. The van der Waals surface area contributed by atoms with Crippen molar-refractivity contribution < 1.29 is 24.6 Å². The van der Waals surface area contributed by atoms with Gasteiger partial charge in [0.1, 0.15) is 5.70 Å². The fourth-order valence-electron chi connectivity index (χ4n) is 2.32. The number of aliphatic hydroxyl groups is 1. The Balaban J connectivity index is 1.89. The van der Waals surface area contributed by atoms with Crippen LogP contribution in [0.25, 0.3) is 10.9 Å². The number of hydrogen-bond donors (Lipinski definition) is 4. The van der Waals surface area contributed by atoms with E-state index in [0.29, 0.717) is 16.6 Å². The van der Waals surface area contributed by atoms with Gasteiger partial charge in [-0.15, -0.1) is 0 Å². The molecule has 0 radical (unpaired) electrons. The first kappa shape index (κ1) is 14.7. The number of amides is 2. The third kappa shape index (κ3) is 2.53. The van der Waals surface area contributed by atoms with Crippen LogP contribution in [0.2, 0.25) is 0 Å². The lowest BCUT2D eigenvalue weighted by Gasteiger charge is -2.13. The maximum Gasteiger partial charge on any atom is 0.357 e. The highest BCUT2D eigenvalue weighted by atomic mass is 16.4. The van der Waals surface area contributed by atoms with E-state index < -0.39 is 17.8 Å². The molecule has 0 bridgehead atoms. The van der Waals surface area contributed by atoms with Gasteiger partial charge in [0.2, 0.25) is 0 Å². The number of carboxylic acids is 1. The van der Waals surface area contributed by atoms with Crippen molar-refractivity contribution in [3.8, 4) is 0 Å². The predicted molar refractivity (Wildman–Crippen MR) is 78.6 cm³/mol. The van der Waals surface area contributed by atoms with Crippen LogP contribution in [0.15, 0.2) is 30.0 Å². The average molecular weight is 316 g/mol. The van der Waals surface area contributed by atoms with Crippen LogP contribution >= 0.6 is 0 Å². The highest BCUT2D eigenvalue weighted by Crippen LogP contribution is 2.23. The number of carbonyl (C=O) groups excluding carboxylic acids is 2. The molecule has 23 heavy (non-hydrogen) atoms. The summed E-state index contributed by atoms with van der Waals surface area (Å²) in [6.45, 7) is -0.398. The summed E-state index contributed by atoms with van der Waals surface area (Å²) < 4.78 is 0. The number of H-pyrrole nitrogens is 1. The first-order valence-corrected chi connectivity index (χ1v) is 6.68. The van der Waals surface area contributed by atoms with Crippen molar-refractivity contribution in [1.29, 1.82) is 0 Å². The predicted octanol–water partition coefficient (Wildman–Crippen LogP) is -0.0820. The van der Waals surface area contributed by atoms with E-state index >= 15 is 0 Å². The molecule has 1 aromatic carbocycles. The van der Waals surface area contributed by atoms with Crippen molar-refractivity contribution in [1.82, 2.24) is 15.1 Å². The summed E-state index contributed by atoms with van der Waals surface area (Å²) in [4.78, 5) is 35.7. The second-order valence-electron chi connectivity index (χ2n) is 4.84. The van der Waals surface area contributed by atoms with Crippen LogP contribution in [0.4, 0.5) is 5.69 Å². The number of carbonyl (C=O) groups is 3.